The van der Waals surface area contributed by atoms with Gasteiger partial charge in [-0.3, -0.25) is 0 Å². The first kappa shape index (κ1) is 15.0. The fourth-order valence-electron chi connectivity index (χ4n) is 2.28. The molecule has 0 amide bonds. The number of hydrogen-bond donors (Lipinski definition) is 1. The van der Waals surface area contributed by atoms with Gasteiger partial charge >= 0.3 is 0 Å². The normalized spacial score (nSPS) is 16.7. The smallest absolute Gasteiger partial charge is 0.122 e. The lowest BCUT2D eigenvalue weighted by Gasteiger charge is -2.23. The van der Waals surface area contributed by atoms with E-state index in [0.717, 1.165) is 33.3 Å². The van der Waals surface area contributed by atoms with Gasteiger partial charge in [-0.1, -0.05) is 12.1 Å². The van der Waals surface area contributed by atoms with Gasteiger partial charge < -0.3 is 14.6 Å². The second kappa shape index (κ2) is 6.86. The van der Waals surface area contributed by atoms with Crippen LogP contribution in [0.1, 0.15) is 12.5 Å². The molecular weight excluding hydrogens is 272 g/mol. The molecule has 1 aliphatic heterocycles. The largest absolute Gasteiger partial charge is 0.497 e. The molecule has 1 aliphatic rings. The highest BCUT2D eigenvalue weighted by molar-refractivity contribution is 8.03. The summed E-state index contributed by atoms with van der Waals surface area (Å²) < 4.78 is 10.5. The maximum absolute atomic E-state index is 10.5. The number of allylic oxidation sites excluding steroid dienone is 1. The fourth-order valence-corrected chi connectivity index (χ4v) is 3.16. The van der Waals surface area contributed by atoms with Gasteiger partial charge in [-0.05, 0) is 35.6 Å². The number of methoxy groups -OCH3 is 2. The average molecular weight is 292 g/mol. The molecule has 1 aromatic carbocycles. The number of aliphatic hydroxyl groups is 1. The summed E-state index contributed by atoms with van der Waals surface area (Å²) in [5.41, 5.74) is 1.98. The van der Waals surface area contributed by atoms with Gasteiger partial charge in [-0.25, -0.2) is 0 Å². The first-order valence-electron chi connectivity index (χ1n) is 6.54. The lowest BCUT2D eigenvalue weighted by atomic mass is 9.99. The number of aliphatic hydroxyl groups excluding tert-OH is 1. The molecule has 4 heteroatoms. The minimum atomic E-state index is -0.553. The Hall–Kier alpha value is -1.39. The minimum absolute atomic E-state index is 0.553. The Morgan fingerprint density at radius 3 is 2.50 bits per heavy atom. The SMILES string of the molecule is COC1=CCSC(C)=C1C(O)Cc1ccc(OC)cc1. The lowest BCUT2D eigenvalue weighted by molar-refractivity contribution is 0.193. The van der Waals surface area contributed by atoms with Crippen LogP contribution in [0.2, 0.25) is 0 Å². The summed E-state index contributed by atoms with van der Waals surface area (Å²) in [4.78, 5) is 1.13. The summed E-state index contributed by atoms with van der Waals surface area (Å²) in [5.74, 6) is 2.51. The zero-order valence-corrected chi connectivity index (χ0v) is 12.9. The Labute approximate surface area is 124 Å². The molecule has 1 heterocycles. The van der Waals surface area contributed by atoms with Crippen molar-refractivity contribution < 1.29 is 14.6 Å². The Bertz CT molecular complexity index is 517. The summed E-state index contributed by atoms with van der Waals surface area (Å²) in [6, 6.07) is 7.77. The van der Waals surface area contributed by atoms with Gasteiger partial charge in [0.1, 0.15) is 11.5 Å². The van der Waals surface area contributed by atoms with Crippen molar-refractivity contribution in [1.82, 2.24) is 0 Å². The summed E-state index contributed by atoms with van der Waals surface area (Å²) in [6.07, 6.45) is 2.03. The van der Waals surface area contributed by atoms with Crippen LogP contribution < -0.4 is 4.74 Å². The van der Waals surface area contributed by atoms with Crippen molar-refractivity contribution in [2.75, 3.05) is 20.0 Å². The number of hydrogen-bond acceptors (Lipinski definition) is 4. The van der Waals surface area contributed by atoms with Crippen LogP contribution in [0.5, 0.6) is 5.75 Å². The van der Waals surface area contributed by atoms with Crippen molar-refractivity contribution in [3.63, 3.8) is 0 Å². The quantitative estimate of drug-likeness (QED) is 0.905. The molecule has 0 saturated heterocycles. The molecular formula is C16H20O3S. The van der Waals surface area contributed by atoms with Crippen LogP contribution in [0.3, 0.4) is 0 Å². The van der Waals surface area contributed by atoms with E-state index in [0.29, 0.717) is 6.42 Å². The first-order chi connectivity index (χ1) is 9.65. The molecule has 3 nitrogen and oxygen atoms in total. The van der Waals surface area contributed by atoms with Crippen molar-refractivity contribution in [2.24, 2.45) is 0 Å². The third kappa shape index (κ3) is 3.38. The van der Waals surface area contributed by atoms with Crippen molar-refractivity contribution in [1.29, 1.82) is 0 Å². The van der Waals surface area contributed by atoms with Crippen LogP contribution in [-0.4, -0.2) is 31.2 Å². The predicted molar refractivity (Wildman–Crippen MR) is 83.0 cm³/mol. The maximum Gasteiger partial charge on any atom is 0.122 e. The van der Waals surface area contributed by atoms with Crippen molar-refractivity contribution in [3.05, 3.63) is 52.1 Å². The second-order valence-corrected chi connectivity index (χ2v) is 5.86. The second-order valence-electron chi connectivity index (χ2n) is 4.62. The number of rotatable bonds is 5. The van der Waals surface area contributed by atoms with Crippen molar-refractivity contribution in [3.8, 4) is 5.75 Å². The van der Waals surface area contributed by atoms with Crippen LogP contribution in [-0.2, 0) is 11.2 Å². The predicted octanol–water partition coefficient (Wildman–Crippen LogP) is 3.15. The number of thioether (sulfide) groups is 1. The summed E-state index contributed by atoms with van der Waals surface area (Å²) >= 11 is 1.73. The van der Waals surface area contributed by atoms with Crippen LogP contribution >= 0.6 is 11.8 Å². The summed E-state index contributed by atoms with van der Waals surface area (Å²) in [6.45, 7) is 2.03. The van der Waals surface area contributed by atoms with E-state index in [1.165, 1.54) is 0 Å². The van der Waals surface area contributed by atoms with Gasteiger partial charge in [-0.2, -0.15) is 0 Å². The molecule has 20 heavy (non-hydrogen) atoms. The van der Waals surface area contributed by atoms with Crippen molar-refractivity contribution >= 4 is 11.8 Å². The molecule has 0 saturated carbocycles. The highest BCUT2D eigenvalue weighted by Crippen LogP contribution is 2.33. The van der Waals surface area contributed by atoms with E-state index in [-0.39, 0.29) is 0 Å². The first-order valence-corrected chi connectivity index (χ1v) is 7.53. The molecule has 0 aliphatic carbocycles. The van der Waals surface area contributed by atoms with Crippen LogP contribution in [0, 0.1) is 0 Å². The topological polar surface area (TPSA) is 38.7 Å². The molecule has 0 aromatic heterocycles. The zero-order valence-electron chi connectivity index (χ0n) is 12.1. The fraction of sp³-hybridized carbons (Fsp3) is 0.375. The van der Waals surface area contributed by atoms with Gasteiger partial charge in [0.05, 0.1) is 20.3 Å². The van der Waals surface area contributed by atoms with E-state index in [2.05, 4.69) is 0 Å². The van der Waals surface area contributed by atoms with E-state index >= 15 is 0 Å². The number of ether oxygens (including phenoxy) is 2. The molecule has 0 radical (unpaired) electrons. The van der Waals surface area contributed by atoms with E-state index in [1.54, 1.807) is 26.0 Å². The zero-order chi connectivity index (χ0) is 14.5. The highest BCUT2D eigenvalue weighted by Gasteiger charge is 2.22. The standard InChI is InChI=1S/C16H20O3S/c1-11-16(15(19-3)8-9-20-11)14(17)10-12-4-6-13(18-2)7-5-12/h4-8,14,17H,9-10H2,1-3H3. The van der Waals surface area contributed by atoms with Crippen LogP contribution in [0.15, 0.2) is 46.6 Å². The average Bonchev–Trinajstić information content (AvgIpc) is 2.47. The van der Waals surface area contributed by atoms with Crippen LogP contribution in [0.25, 0.3) is 0 Å². The molecule has 0 fully saturated rings. The summed E-state index contributed by atoms with van der Waals surface area (Å²) in [5, 5.41) is 10.5. The monoisotopic (exact) mass is 292 g/mol. The van der Waals surface area contributed by atoms with Gasteiger partial charge in [0.25, 0.3) is 0 Å². The molecule has 1 N–H and O–H groups in total. The van der Waals surface area contributed by atoms with E-state index in [4.69, 9.17) is 9.47 Å². The third-order valence-corrected chi connectivity index (χ3v) is 4.34. The Morgan fingerprint density at radius 1 is 1.20 bits per heavy atom. The molecule has 2 rings (SSSR count). The molecule has 1 atom stereocenters. The van der Waals surface area contributed by atoms with E-state index in [9.17, 15) is 5.11 Å². The van der Waals surface area contributed by atoms with Crippen LogP contribution in [0.4, 0.5) is 0 Å². The van der Waals surface area contributed by atoms with Crippen molar-refractivity contribution in [2.45, 2.75) is 19.4 Å². The molecule has 1 aromatic rings. The Morgan fingerprint density at radius 2 is 1.90 bits per heavy atom. The Balaban J connectivity index is 2.14. The van der Waals surface area contributed by atoms with Gasteiger partial charge in [0.2, 0.25) is 0 Å². The van der Waals surface area contributed by atoms with Gasteiger partial charge in [-0.15, -0.1) is 11.8 Å². The molecule has 0 spiro atoms. The minimum Gasteiger partial charge on any atom is -0.497 e. The molecule has 1 unspecified atom stereocenters. The van der Waals surface area contributed by atoms with E-state index < -0.39 is 6.10 Å². The van der Waals surface area contributed by atoms with E-state index in [1.807, 2.05) is 37.3 Å². The maximum atomic E-state index is 10.5. The van der Waals surface area contributed by atoms with Gasteiger partial charge in [0, 0.05) is 17.7 Å². The lowest BCUT2D eigenvalue weighted by Crippen LogP contribution is -2.19. The highest BCUT2D eigenvalue weighted by atomic mass is 32.2. The Kier molecular flexibility index (Phi) is 5.15. The number of benzene rings is 1. The molecule has 0 bridgehead atoms. The molecule has 108 valence electrons. The van der Waals surface area contributed by atoms with Gasteiger partial charge in [0.15, 0.2) is 0 Å². The third-order valence-electron chi connectivity index (χ3n) is 3.35. The summed E-state index contributed by atoms with van der Waals surface area (Å²) in [7, 11) is 3.29.